The molecule has 0 spiro atoms. The predicted molar refractivity (Wildman–Crippen MR) is 82.9 cm³/mol. The van der Waals surface area contributed by atoms with E-state index < -0.39 is 9.84 Å². The molecule has 3 heterocycles. The fraction of sp³-hybridized carbons (Fsp3) is 0.231. The Balaban J connectivity index is 1.66. The Morgan fingerprint density at radius 3 is 2.68 bits per heavy atom. The largest absolute Gasteiger partial charge is 0.272 e. The predicted octanol–water partition coefficient (Wildman–Crippen LogP) is 1.41. The van der Waals surface area contributed by atoms with Gasteiger partial charge in [-0.05, 0) is 12.1 Å². The normalized spacial score (nSPS) is 11.6. The van der Waals surface area contributed by atoms with Crippen molar-refractivity contribution in [1.29, 1.82) is 0 Å². The number of thiazole rings is 1. The molecule has 0 fully saturated rings. The summed E-state index contributed by atoms with van der Waals surface area (Å²) in [6.45, 7) is 0.341. The molecule has 0 saturated carbocycles. The molecule has 0 aromatic carbocycles. The molecule has 0 saturated heterocycles. The first kappa shape index (κ1) is 14.8. The van der Waals surface area contributed by atoms with Crippen LogP contribution in [0.5, 0.6) is 0 Å². The second-order valence-electron chi connectivity index (χ2n) is 4.58. The number of aromatic nitrogens is 5. The van der Waals surface area contributed by atoms with E-state index in [4.69, 9.17) is 0 Å². The summed E-state index contributed by atoms with van der Waals surface area (Å²) in [5, 5.41) is 6.35. The maximum absolute atomic E-state index is 12.1. The lowest BCUT2D eigenvalue weighted by Crippen LogP contribution is -2.15. The molecule has 0 bridgehead atoms. The van der Waals surface area contributed by atoms with Crippen molar-refractivity contribution in [3.8, 4) is 10.8 Å². The lowest BCUT2D eigenvalue weighted by molar-refractivity contribution is 0.579. The summed E-state index contributed by atoms with van der Waals surface area (Å²) in [4.78, 5) is 12.5. The molecule has 7 nitrogen and oxygen atoms in total. The van der Waals surface area contributed by atoms with Crippen molar-refractivity contribution in [2.24, 2.45) is 0 Å². The third-order valence-electron chi connectivity index (χ3n) is 2.87. The Labute approximate surface area is 131 Å². The molecule has 0 atom stereocenters. The minimum atomic E-state index is -3.24. The van der Waals surface area contributed by atoms with Crippen LogP contribution in [-0.4, -0.2) is 38.9 Å². The lowest BCUT2D eigenvalue weighted by atomic mass is 10.5. The molecule has 22 heavy (non-hydrogen) atoms. The Hall–Kier alpha value is -2.13. The van der Waals surface area contributed by atoms with Gasteiger partial charge in [0.1, 0.15) is 0 Å². The van der Waals surface area contributed by atoms with E-state index in [0.29, 0.717) is 23.1 Å². The Morgan fingerprint density at radius 2 is 1.95 bits per heavy atom. The second kappa shape index (κ2) is 6.32. The summed E-state index contributed by atoms with van der Waals surface area (Å²) in [6, 6.07) is 3.48. The summed E-state index contributed by atoms with van der Waals surface area (Å²) in [5.74, 6) is 0.453. The molecule has 0 aliphatic heterocycles. The van der Waals surface area contributed by atoms with E-state index in [0.717, 1.165) is 0 Å². The van der Waals surface area contributed by atoms with E-state index in [9.17, 15) is 8.42 Å². The molecule has 0 N–H and O–H groups in total. The van der Waals surface area contributed by atoms with Gasteiger partial charge >= 0.3 is 0 Å². The standard InChI is InChI=1S/C13H13N5O2S2/c19-22(20,8-7-18-6-2-5-16-18)10-11-9-21-13(17-11)12-14-3-1-4-15-12/h1-6,9H,7-8,10H2. The van der Waals surface area contributed by atoms with Crippen LogP contribution in [0.25, 0.3) is 10.8 Å². The van der Waals surface area contributed by atoms with Gasteiger partial charge < -0.3 is 0 Å². The van der Waals surface area contributed by atoms with E-state index in [1.54, 1.807) is 47.0 Å². The van der Waals surface area contributed by atoms with Crippen LogP contribution < -0.4 is 0 Å². The van der Waals surface area contributed by atoms with Crippen molar-refractivity contribution in [1.82, 2.24) is 24.7 Å². The molecule has 0 radical (unpaired) electrons. The summed E-state index contributed by atoms with van der Waals surface area (Å²) in [5.41, 5.74) is 0.521. The molecule has 3 aromatic rings. The third-order valence-corrected chi connectivity index (χ3v) is 5.29. The summed E-state index contributed by atoms with van der Waals surface area (Å²) < 4.78 is 25.9. The van der Waals surface area contributed by atoms with Gasteiger partial charge in [-0.15, -0.1) is 11.3 Å². The van der Waals surface area contributed by atoms with Crippen LogP contribution in [0.15, 0.2) is 42.3 Å². The van der Waals surface area contributed by atoms with Crippen LogP contribution in [-0.2, 0) is 22.1 Å². The number of hydrogen-bond acceptors (Lipinski definition) is 7. The van der Waals surface area contributed by atoms with Crippen LogP contribution in [0, 0.1) is 0 Å². The quantitative estimate of drug-likeness (QED) is 0.676. The summed E-state index contributed by atoms with van der Waals surface area (Å²) in [7, 11) is -3.24. The highest BCUT2D eigenvalue weighted by atomic mass is 32.2. The summed E-state index contributed by atoms with van der Waals surface area (Å²) >= 11 is 1.34. The first-order valence-corrected chi connectivity index (χ1v) is 9.22. The minimum Gasteiger partial charge on any atom is -0.272 e. The fourth-order valence-electron chi connectivity index (χ4n) is 1.85. The first-order valence-electron chi connectivity index (χ1n) is 6.52. The third kappa shape index (κ3) is 3.74. The average molecular weight is 335 g/mol. The van der Waals surface area contributed by atoms with E-state index >= 15 is 0 Å². The van der Waals surface area contributed by atoms with Gasteiger partial charge in [0.25, 0.3) is 0 Å². The van der Waals surface area contributed by atoms with Crippen molar-refractivity contribution >= 4 is 21.2 Å². The molecule has 9 heteroatoms. The molecule has 3 aromatic heterocycles. The number of hydrogen-bond donors (Lipinski definition) is 0. The Bertz CT molecular complexity index is 828. The van der Waals surface area contributed by atoms with E-state index in [-0.39, 0.29) is 11.5 Å². The summed E-state index contributed by atoms with van der Waals surface area (Å²) in [6.07, 6.45) is 6.62. The van der Waals surface area contributed by atoms with Gasteiger partial charge in [0.15, 0.2) is 20.7 Å². The van der Waals surface area contributed by atoms with Crippen molar-refractivity contribution < 1.29 is 8.42 Å². The second-order valence-corrected chi connectivity index (χ2v) is 7.62. The van der Waals surface area contributed by atoms with Crippen molar-refractivity contribution in [2.45, 2.75) is 12.3 Å². The van der Waals surface area contributed by atoms with Gasteiger partial charge in [0, 0.05) is 30.2 Å². The Morgan fingerprint density at radius 1 is 1.14 bits per heavy atom. The highest BCUT2D eigenvalue weighted by molar-refractivity contribution is 7.90. The SMILES string of the molecule is O=S(=O)(CCn1cccn1)Cc1csc(-c2ncccn2)n1. The van der Waals surface area contributed by atoms with E-state index in [1.165, 1.54) is 11.3 Å². The van der Waals surface area contributed by atoms with Crippen molar-refractivity contribution in [3.63, 3.8) is 0 Å². The molecule has 0 aliphatic carbocycles. The lowest BCUT2D eigenvalue weighted by Gasteiger charge is -2.03. The van der Waals surface area contributed by atoms with Gasteiger partial charge in [-0.3, -0.25) is 4.68 Å². The molecule has 3 rings (SSSR count). The maximum Gasteiger partial charge on any atom is 0.188 e. The monoisotopic (exact) mass is 335 g/mol. The molecule has 0 unspecified atom stereocenters. The van der Waals surface area contributed by atoms with Crippen molar-refractivity contribution in [3.05, 3.63) is 48.0 Å². The van der Waals surface area contributed by atoms with Gasteiger partial charge in [0.2, 0.25) is 0 Å². The number of nitrogens with zero attached hydrogens (tertiary/aromatic N) is 5. The van der Waals surface area contributed by atoms with Gasteiger partial charge in [-0.1, -0.05) is 0 Å². The zero-order chi connectivity index (χ0) is 15.4. The van der Waals surface area contributed by atoms with Crippen LogP contribution in [0.2, 0.25) is 0 Å². The average Bonchev–Trinajstić information content (AvgIpc) is 3.17. The van der Waals surface area contributed by atoms with Crippen LogP contribution in [0.3, 0.4) is 0 Å². The minimum absolute atomic E-state index is 0.0311. The van der Waals surface area contributed by atoms with Gasteiger partial charge in [-0.25, -0.2) is 23.4 Å². The zero-order valence-corrected chi connectivity index (χ0v) is 13.2. The van der Waals surface area contributed by atoms with Crippen LogP contribution in [0.1, 0.15) is 5.69 Å². The smallest absolute Gasteiger partial charge is 0.188 e. The van der Waals surface area contributed by atoms with Crippen LogP contribution in [0.4, 0.5) is 0 Å². The zero-order valence-electron chi connectivity index (χ0n) is 11.5. The molecule has 0 aliphatic rings. The Kier molecular flexibility index (Phi) is 4.25. The molecular weight excluding hydrogens is 322 g/mol. The topological polar surface area (TPSA) is 90.6 Å². The highest BCUT2D eigenvalue weighted by Crippen LogP contribution is 2.20. The molecular formula is C13H13N5O2S2. The number of aryl methyl sites for hydroxylation is 1. The molecule has 0 amide bonds. The van der Waals surface area contributed by atoms with Gasteiger partial charge in [-0.2, -0.15) is 5.10 Å². The van der Waals surface area contributed by atoms with Gasteiger partial charge in [0.05, 0.1) is 23.7 Å². The van der Waals surface area contributed by atoms with Crippen LogP contribution >= 0.6 is 11.3 Å². The maximum atomic E-state index is 12.1. The number of rotatable bonds is 6. The highest BCUT2D eigenvalue weighted by Gasteiger charge is 2.16. The molecule has 114 valence electrons. The fourth-order valence-corrected chi connectivity index (χ4v) is 3.93. The number of sulfone groups is 1. The first-order chi connectivity index (χ1) is 10.6. The van der Waals surface area contributed by atoms with E-state index in [1.807, 2.05) is 0 Å². The van der Waals surface area contributed by atoms with E-state index in [2.05, 4.69) is 20.1 Å². The van der Waals surface area contributed by atoms with Crippen molar-refractivity contribution in [2.75, 3.05) is 5.75 Å².